The Morgan fingerprint density at radius 1 is 1.18 bits per heavy atom. The first kappa shape index (κ1) is 17.4. The van der Waals surface area contributed by atoms with E-state index in [0.29, 0.717) is 5.75 Å². The van der Waals surface area contributed by atoms with Crippen LogP contribution in [-0.2, 0) is 11.2 Å². The number of aryl methyl sites for hydroxylation is 1. The first-order chi connectivity index (χ1) is 10.8. The van der Waals surface area contributed by atoms with Crippen molar-refractivity contribution in [3.63, 3.8) is 0 Å². The number of nitrogens with one attached hydrogen (secondary N) is 1. The molecule has 0 bridgehead atoms. The number of carbonyl (C=O) groups is 1. The number of nitrogens with zero attached hydrogens (tertiary/aromatic N) is 1. The van der Waals surface area contributed by atoms with Crippen LogP contribution in [0.25, 0.3) is 0 Å². The Hall–Kier alpha value is -1.000. The van der Waals surface area contributed by atoms with Gasteiger partial charge in [0.2, 0.25) is 5.91 Å². The molecule has 0 saturated carbocycles. The van der Waals surface area contributed by atoms with Crippen molar-refractivity contribution in [2.75, 3.05) is 36.5 Å². The van der Waals surface area contributed by atoms with Gasteiger partial charge in [-0.05, 0) is 44.0 Å². The number of anilines is 1. The molecule has 1 fully saturated rings. The number of para-hydroxylation sites is 1. The molecule has 1 amide bonds. The molecule has 0 atom stereocenters. The van der Waals surface area contributed by atoms with E-state index in [1.807, 2.05) is 18.2 Å². The standard InChI is InChI=1S/C18H28N2OS/c1-2-16-9-5-6-10-17(16)19-18(21)15-22-14-13-20-11-7-3-4-8-12-20/h5-6,9-10H,2-4,7-8,11-15H2,1H3,(H,19,21). The van der Waals surface area contributed by atoms with Crippen LogP contribution >= 0.6 is 11.8 Å². The van der Waals surface area contributed by atoms with Crippen LogP contribution < -0.4 is 5.32 Å². The molecule has 1 aliphatic heterocycles. The zero-order valence-electron chi connectivity index (χ0n) is 13.6. The second kappa shape index (κ2) is 9.90. The number of benzene rings is 1. The van der Waals surface area contributed by atoms with E-state index in [1.54, 1.807) is 11.8 Å². The fraction of sp³-hybridized carbons (Fsp3) is 0.611. The molecule has 4 heteroatoms. The Labute approximate surface area is 138 Å². The van der Waals surface area contributed by atoms with Crippen LogP contribution in [-0.4, -0.2) is 41.9 Å². The molecule has 0 spiro atoms. The van der Waals surface area contributed by atoms with E-state index in [2.05, 4.69) is 23.2 Å². The van der Waals surface area contributed by atoms with Gasteiger partial charge in [-0.1, -0.05) is 38.0 Å². The number of carbonyl (C=O) groups excluding carboxylic acids is 1. The summed E-state index contributed by atoms with van der Waals surface area (Å²) in [5, 5.41) is 3.04. The summed E-state index contributed by atoms with van der Waals surface area (Å²) in [6.07, 6.45) is 6.36. The molecular weight excluding hydrogens is 292 g/mol. The van der Waals surface area contributed by atoms with Crippen LogP contribution in [0.15, 0.2) is 24.3 Å². The summed E-state index contributed by atoms with van der Waals surface area (Å²) >= 11 is 1.74. The Morgan fingerprint density at radius 3 is 2.64 bits per heavy atom. The zero-order valence-corrected chi connectivity index (χ0v) is 14.5. The molecular formula is C18H28N2OS. The topological polar surface area (TPSA) is 32.3 Å². The van der Waals surface area contributed by atoms with Gasteiger partial charge in [-0.3, -0.25) is 4.79 Å². The van der Waals surface area contributed by atoms with E-state index >= 15 is 0 Å². The lowest BCUT2D eigenvalue weighted by molar-refractivity contribution is -0.113. The van der Waals surface area contributed by atoms with Crippen LogP contribution in [0.1, 0.15) is 38.2 Å². The lowest BCUT2D eigenvalue weighted by Gasteiger charge is -2.19. The van der Waals surface area contributed by atoms with E-state index in [-0.39, 0.29) is 5.91 Å². The second-order valence-corrected chi connectivity index (χ2v) is 6.97. The lowest BCUT2D eigenvalue weighted by atomic mass is 10.1. The van der Waals surface area contributed by atoms with Gasteiger partial charge >= 0.3 is 0 Å². The summed E-state index contributed by atoms with van der Waals surface area (Å²) < 4.78 is 0. The fourth-order valence-electron chi connectivity index (χ4n) is 2.86. The lowest BCUT2D eigenvalue weighted by Crippen LogP contribution is -2.27. The summed E-state index contributed by atoms with van der Waals surface area (Å²) in [5.74, 6) is 1.70. The highest BCUT2D eigenvalue weighted by Gasteiger charge is 2.09. The van der Waals surface area contributed by atoms with Gasteiger partial charge in [-0.25, -0.2) is 0 Å². The summed E-state index contributed by atoms with van der Waals surface area (Å²) in [4.78, 5) is 14.6. The maximum Gasteiger partial charge on any atom is 0.234 e. The predicted octanol–water partition coefficient (Wildman–Crippen LogP) is 3.80. The summed E-state index contributed by atoms with van der Waals surface area (Å²) in [6.45, 7) is 5.69. The average molecular weight is 321 g/mol. The highest BCUT2D eigenvalue weighted by molar-refractivity contribution is 7.99. The van der Waals surface area contributed by atoms with Gasteiger partial charge in [0.15, 0.2) is 0 Å². The molecule has 1 aromatic carbocycles. The second-order valence-electron chi connectivity index (χ2n) is 5.87. The summed E-state index contributed by atoms with van der Waals surface area (Å²) in [6, 6.07) is 8.05. The maximum absolute atomic E-state index is 12.0. The third-order valence-corrected chi connectivity index (χ3v) is 5.09. The molecule has 0 unspecified atom stereocenters. The molecule has 122 valence electrons. The minimum atomic E-state index is 0.113. The number of amides is 1. The smallest absolute Gasteiger partial charge is 0.234 e. The summed E-state index contributed by atoms with van der Waals surface area (Å²) in [5.41, 5.74) is 2.16. The first-order valence-corrected chi connectivity index (χ1v) is 9.63. The van der Waals surface area contributed by atoms with Gasteiger partial charge in [-0.15, -0.1) is 0 Å². The van der Waals surface area contributed by atoms with Gasteiger partial charge in [-0.2, -0.15) is 11.8 Å². The van der Waals surface area contributed by atoms with E-state index in [0.717, 1.165) is 24.4 Å². The van der Waals surface area contributed by atoms with Gasteiger partial charge in [0.1, 0.15) is 0 Å². The van der Waals surface area contributed by atoms with Gasteiger partial charge in [0, 0.05) is 18.0 Å². The molecule has 0 aliphatic carbocycles. The Morgan fingerprint density at radius 2 is 1.91 bits per heavy atom. The van der Waals surface area contributed by atoms with E-state index in [9.17, 15) is 4.79 Å². The third-order valence-electron chi connectivity index (χ3n) is 4.16. The van der Waals surface area contributed by atoms with Crippen molar-refractivity contribution in [1.82, 2.24) is 4.90 Å². The van der Waals surface area contributed by atoms with E-state index < -0.39 is 0 Å². The summed E-state index contributed by atoms with van der Waals surface area (Å²) in [7, 11) is 0. The fourth-order valence-corrected chi connectivity index (χ4v) is 3.64. The van der Waals surface area contributed by atoms with E-state index in [4.69, 9.17) is 0 Å². The van der Waals surface area contributed by atoms with Gasteiger partial charge in [0.25, 0.3) is 0 Å². The normalized spacial score (nSPS) is 16.2. The Kier molecular flexibility index (Phi) is 7.81. The number of likely N-dealkylation sites (tertiary alicyclic amines) is 1. The van der Waals surface area contributed by atoms with Crippen molar-refractivity contribution in [3.8, 4) is 0 Å². The SMILES string of the molecule is CCc1ccccc1NC(=O)CSCCN1CCCCCC1. The van der Waals surface area contributed by atoms with Crippen molar-refractivity contribution >= 4 is 23.4 Å². The van der Waals surface area contributed by atoms with Crippen LogP contribution in [0.3, 0.4) is 0 Å². The molecule has 1 aliphatic rings. The Bertz CT molecular complexity index is 456. The monoisotopic (exact) mass is 320 g/mol. The van der Waals surface area contributed by atoms with Crippen molar-refractivity contribution < 1.29 is 4.79 Å². The van der Waals surface area contributed by atoms with Crippen molar-refractivity contribution in [1.29, 1.82) is 0 Å². The highest BCUT2D eigenvalue weighted by atomic mass is 32.2. The number of hydrogen-bond donors (Lipinski definition) is 1. The molecule has 3 nitrogen and oxygen atoms in total. The number of thioether (sulfide) groups is 1. The van der Waals surface area contributed by atoms with E-state index in [1.165, 1.54) is 44.3 Å². The number of rotatable bonds is 7. The number of hydrogen-bond acceptors (Lipinski definition) is 3. The highest BCUT2D eigenvalue weighted by Crippen LogP contribution is 2.16. The molecule has 1 heterocycles. The minimum Gasteiger partial charge on any atom is -0.325 e. The molecule has 22 heavy (non-hydrogen) atoms. The Balaban J connectivity index is 1.65. The van der Waals surface area contributed by atoms with Crippen LogP contribution in [0.5, 0.6) is 0 Å². The van der Waals surface area contributed by atoms with Gasteiger partial charge in [0.05, 0.1) is 5.75 Å². The predicted molar refractivity (Wildman–Crippen MR) is 96.7 cm³/mol. The van der Waals surface area contributed by atoms with Crippen molar-refractivity contribution in [2.45, 2.75) is 39.0 Å². The first-order valence-electron chi connectivity index (χ1n) is 8.47. The van der Waals surface area contributed by atoms with Crippen LogP contribution in [0, 0.1) is 0 Å². The van der Waals surface area contributed by atoms with Crippen molar-refractivity contribution in [3.05, 3.63) is 29.8 Å². The largest absolute Gasteiger partial charge is 0.325 e. The molecule has 1 aromatic rings. The molecule has 0 aromatic heterocycles. The molecule has 1 saturated heterocycles. The quantitative estimate of drug-likeness (QED) is 0.776. The van der Waals surface area contributed by atoms with Gasteiger partial charge < -0.3 is 10.2 Å². The molecule has 2 rings (SSSR count). The van der Waals surface area contributed by atoms with Crippen LogP contribution in [0.4, 0.5) is 5.69 Å². The molecule has 0 radical (unpaired) electrons. The minimum absolute atomic E-state index is 0.113. The van der Waals surface area contributed by atoms with Crippen LogP contribution in [0.2, 0.25) is 0 Å². The maximum atomic E-state index is 12.0. The van der Waals surface area contributed by atoms with Crippen molar-refractivity contribution in [2.24, 2.45) is 0 Å². The average Bonchev–Trinajstić information content (AvgIpc) is 2.81. The zero-order chi connectivity index (χ0) is 15.6. The third kappa shape index (κ3) is 6.01. The molecule has 1 N–H and O–H groups in total.